The number of ether oxygens (including phenoxy) is 4. The molecular formula is C19H18F2O5. The minimum atomic E-state index is -2.91. The minimum absolute atomic E-state index is 0.00911. The molecule has 0 aromatic heterocycles. The highest BCUT2D eigenvalue weighted by atomic mass is 19.3. The summed E-state index contributed by atoms with van der Waals surface area (Å²) in [5.41, 5.74) is 1.01. The molecule has 0 saturated heterocycles. The van der Waals surface area contributed by atoms with Gasteiger partial charge in [0.1, 0.15) is 5.75 Å². The largest absolute Gasteiger partial charge is 0.493 e. The smallest absolute Gasteiger partial charge is 0.387 e. The number of carbonyl (C=O) groups excluding carboxylic acids is 1. The van der Waals surface area contributed by atoms with Gasteiger partial charge in [0.15, 0.2) is 17.3 Å². The number of alkyl halides is 2. The highest BCUT2D eigenvalue weighted by Gasteiger charge is 2.12. The minimum Gasteiger partial charge on any atom is -0.493 e. The second-order valence-electron chi connectivity index (χ2n) is 5.06. The normalized spacial score (nSPS) is 10.8. The predicted molar refractivity (Wildman–Crippen MR) is 92.5 cm³/mol. The molecule has 0 fully saturated rings. The van der Waals surface area contributed by atoms with E-state index in [4.69, 9.17) is 14.2 Å². The maximum Gasteiger partial charge on any atom is 0.387 e. The standard InChI is InChI=1S/C19H18F2O5/c1-23-16-10-12(11-17(24-2)18(16)25-3)4-9-15(22)13-5-7-14(8-6-13)26-19(20)21/h4-11,19H,1-3H3/b9-4+. The molecule has 0 amide bonds. The molecule has 2 aromatic carbocycles. The quantitative estimate of drug-likeness (QED) is 0.519. The SMILES string of the molecule is COc1cc(/C=C/C(=O)c2ccc(OC(F)F)cc2)cc(OC)c1OC. The van der Waals surface area contributed by atoms with Gasteiger partial charge in [-0.15, -0.1) is 0 Å². The molecule has 0 bridgehead atoms. The zero-order chi connectivity index (χ0) is 19.1. The summed E-state index contributed by atoms with van der Waals surface area (Å²) in [6.45, 7) is -2.91. The molecule has 5 nitrogen and oxygen atoms in total. The van der Waals surface area contributed by atoms with E-state index < -0.39 is 6.61 Å². The first-order valence-corrected chi connectivity index (χ1v) is 7.55. The Hall–Kier alpha value is -3.09. The summed E-state index contributed by atoms with van der Waals surface area (Å²) in [6.07, 6.45) is 2.96. The van der Waals surface area contributed by atoms with E-state index in [9.17, 15) is 13.6 Å². The second kappa shape index (κ2) is 8.84. The van der Waals surface area contributed by atoms with Gasteiger partial charge in [-0.1, -0.05) is 6.08 Å². The zero-order valence-electron chi connectivity index (χ0n) is 14.5. The van der Waals surface area contributed by atoms with Gasteiger partial charge in [-0.05, 0) is 48.0 Å². The summed E-state index contributed by atoms with van der Waals surface area (Å²) in [5, 5.41) is 0. The Morgan fingerprint density at radius 2 is 1.54 bits per heavy atom. The van der Waals surface area contributed by atoms with Gasteiger partial charge in [-0.3, -0.25) is 4.79 Å². The van der Waals surface area contributed by atoms with Crippen LogP contribution in [0, 0.1) is 0 Å². The van der Waals surface area contributed by atoms with E-state index in [0.29, 0.717) is 28.4 Å². The molecular weight excluding hydrogens is 346 g/mol. The number of carbonyl (C=O) groups is 1. The Morgan fingerprint density at radius 3 is 2.00 bits per heavy atom. The highest BCUT2D eigenvalue weighted by molar-refractivity contribution is 6.06. The molecule has 2 aromatic rings. The average Bonchev–Trinajstić information content (AvgIpc) is 2.65. The van der Waals surface area contributed by atoms with Crippen molar-refractivity contribution >= 4 is 11.9 Å². The van der Waals surface area contributed by atoms with E-state index >= 15 is 0 Å². The maximum atomic E-state index is 12.2. The van der Waals surface area contributed by atoms with Crippen molar-refractivity contribution in [2.24, 2.45) is 0 Å². The summed E-state index contributed by atoms with van der Waals surface area (Å²) < 4.78 is 44.3. The number of halogens is 2. The van der Waals surface area contributed by atoms with E-state index in [1.165, 1.54) is 51.7 Å². The number of hydrogen-bond donors (Lipinski definition) is 0. The van der Waals surface area contributed by atoms with E-state index in [0.717, 1.165) is 0 Å². The third kappa shape index (κ3) is 4.72. The lowest BCUT2D eigenvalue weighted by Gasteiger charge is -2.12. The fraction of sp³-hybridized carbons (Fsp3) is 0.211. The van der Waals surface area contributed by atoms with Crippen LogP contribution in [0.4, 0.5) is 8.78 Å². The lowest BCUT2D eigenvalue weighted by Crippen LogP contribution is -2.02. The monoisotopic (exact) mass is 364 g/mol. The molecule has 0 N–H and O–H groups in total. The summed E-state index contributed by atoms with van der Waals surface area (Å²) >= 11 is 0. The summed E-state index contributed by atoms with van der Waals surface area (Å²) in [6, 6.07) is 8.86. The first-order chi connectivity index (χ1) is 12.5. The van der Waals surface area contributed by atoms with Crippen molar-refractivity contribution in [2.75, 3.05) is 21.3 Å². The van der Waals surface area contributed by atoms with Gasteiger partial charge in [-0.25, -0.2) is 0 Å². The lowest BCUT2D eigenvalue weighted by atomic mass is 10.1. The molecule has 0 aliphatic heterocycles. The van der Waals surface area contributed by atoms with Crippen molar-refractivity contribution in [1.29, 1.82) is 0 Å². The Labute approximate surface area is 149 Å². The molecule has 0 aliphatic rings. The Kier molecular flexibility index (Phi) is 6.54. The molecule has 26 heavy (non-hydrogen) atoms. The summed E-state index contributed by atoms with van der Waals surface area (Å²) in [7, 11) is 4.50. The third-order valence-electron chi connectivity index (χ3n) is 3.48. The van der Waals surface area contributed by atoms with Crippen molar-refractivity contribution in [3.05, 3.63) is 53.6 Å². The second-order valence-corrected chi connectivity index (χ2v) is 5.06. The van der Waals surface area contributed by atoms with Crippen molar-refractivity contribution in [3.63, 3.8) is 0 Å². The van der Waals surface area contributed by atoms with Crippen LogP contribution in [0.15, 0.2) is 42.5 Å². The molecule has 138 valence electrons. The highest BCUT2D eigenvalue weighted by Crippen LogP contribution is 2.38. The summed E-state index contributed by atoms with van der Waals surface area (Å²) in [5.74, 6) is 1.08. The van der Waals surface area contributed by atoms with Gasteiger partial charge in [0.05, 0.1) is 21.3 Å². The van der Waals surface area contributed by atoms with Gasteiger partial charge < -0.3 is 18.9 Å². The topological polar surface area (TPSA) is 54.0 Å². The number of allylic oxidation sites excluding steroid dienone is 1. The van der Waals surface area contributed by atoms with Crippen LogP contribution in [0.1, 0.15) is 15.9 Å². The maximum absolute atomic E-state index is 12.2. The van der Waals surface area contributed by atoms with Gasteiger partial charge in [0.25, 0.3) is 0 Å². The molecule has 0 radical (unpaired) electrons. The average molecular weight is 364 g/mol. The number of hydrogen-bond acceptors (Lipinski definition) is 5. The van der Waals surface area contributed by atoms with E-state index in [1.807, 2.05) is 0 Å². The van der Waals surface area contributed by atoms with Crippen LogP contribution < -0.4 is 18.9 Å². The van der Waals surface area contributed by atoms with Crippen LogP contribution in [0.2, 0.25) is 0 Å². The van der Waals surface area contributed by atoms with Gasteiger partial charge >= 0.3 is 6.61 Å². The van der Waals surface area contributed by atoms with Crippen molar-refractivity contribution in [3.8, 4) is 23.0 Å². The van der Waals surface area contributed by atoms with Crippen molar-refractivity contribution < 1.29 is 32.5 Å². The van der Waals surface area contributed by atoms with Crippen LogP contribution in [-0.4, -0.2) is 33.7 Å². The number of ketones is 1. The number of methoxy groups -OCH3 is 3. The van der Waals surface area contributed by atoms with Crippen LogP contribution in [0.5, 0.6) is 23.0 Å². The molecule has 0 saturated carbocycles. The first-order valence-electron chi connectivity index (χ1n) is 7.55. The molecule has 0 spiro atoms. The van der Waals surface area contributed by atoms with Gasteiger partial charge in [0, 0.05) is 5.56 Å². The number of rotatable bonds is 8. The van der Waals surface area contributed by atoms with E-state index in [2.05, 4.69) is 4.74 Å². The van der Waals surface area contributed by atoms with Crippen LogP contribution in [-0.2, 0) is 0 Å². The first kappa shape index (κ1) is 19.2. The summed E-state index contributed by atoms with van der Waals surface area (Å²) in [4.78, 5) is 12.2. The Balaban J connectivity index is 2.19. The van der Waals surface area contributed by atoms with Gasteiger partial charge in [-0.2, -0.15) is 8.78 Å². The third-order valence-corrected chi connectivity index (χ3v) is 3.48. The molecule has 0 aliphatic carbocycles. The molecule has 0 unspecified atom stereocenters. The van der Waals surface area contributed by atoms with Crippen molar-refractivity contribution in [2.45, 2.75) is 6.61 Å². The van der Waals surface area contributed by atoms with E-state index in [-0.39, 0.29) is 11.5 Å². The fourth-order valence-electron chi connectivity index (χ4n) is 2.27. The molecule has 2 rings (SSSR count). The fourth-order valence-corrected chi connectivity index (χ4v) is 2.27. The Morgan fingerprint density at radius 1 is 0.962 bits per heavy atom. The van der Waals surface area contributed by atoms with Crippen LogP contribution in [0.25, 0.3) is 6.08 Å². The molecule has 0 heterocycles. The van der Waals surface area contributed by atoms with Gasteiger partial charge in [0.2, 0.25) is 5.75 Å². The lowest BCUT2D eigenvalue weighted by molar-refractivity contribution is -0.0498. The van der Waals surface area contributed by atoms with Crippen molar-refractivity contribution in [1.82, 2.24) is 0 Å². The van der Waals surface area contributed by atoms with Crippen LogP contribution >= 0.6 is 0 Å². The molecule has 7 heteroatoms. The molecule has 0 atom stereocenters. The van der Waals surface area contributed by atoms with E-state index in [1.54, 1.807) is 18.2 Å². The van der Waals surface area contributed by atoms with Crippen LogP contribution in [0.3, 0.4) is 0 Å². The zero-order valence-corrected chi connectivity index (χ0v) is 14.5. The predicted octanol–water partition coefficient (Wildman–Crippen LogP) is 4.21. The Bertz CT molecular complexity index is 760. The number of benzene rings is 2.